The number of sulfonamides is 1. The second-order valence-electron chi connectivity index (χ2n) is 6.91. The predicted molar refractivity (Wildman–Crippen MR) is 90.0 cm³/mol. The smallest absolute Gasteiger partial charge is 0.235 e. The Hall–Kier alpha value is -1.56. The first-order chi connectivity index (χ1) is 11.0. The molecule has 124 valence electrons. The Morgan fingerprint density at radius 1 is 1.13 bits per heavy atom. The van der Waals surface area contributed by atoms with Crippen molar-refractivity contribution in [1.82, 2.24) is 0 Å². The molecule has 0 atom stereocenters. The topological polar surface area (TPSA) is 66.5 Å². The summed E-state index contributed by atoms with van der Waals surface area (Å²) in [6.45, 7) is 0.712. The summed E-state index contributed by atoms with van der Waals surface area (Å²) in [5.41, 5.74) is 2.59. The Balaban J connectivity index is 1.57. The van der Waals surface area contributed by atoms with Crippen molar-refractivity contribution in [2.24, 2.45) is 5.92 Å². The number of nitrogens with one attached hydrogen (secondary N) is 1. The lowest BCUT2D eigenvalue weighted by molar-refractivity contribution is -0.122. The molecule has 5 nitrogen and oxygen atoms in total. The second kappa shape index (κ2) is 5.51. The van der Waals surface area contributed by atoms with Gasteiger partial charge in [0.2, 0.25) is 15.9 Å². The number of amides is 1. The van der Waals surface area contributed by atoms with Crippen molar-refractivity contribution >= 4 is 27.3 Å². The Kier molecular flexibility index (Phi) is 3.59. The third-order valence-corrected chi connectivity index (χ3v) is 7.04. The lowest BCUT2D eigenvalue weighted by Crippen LogP contribution is -2.33. The zero-order chi connectivity index (χ0) is 16.0. The summed E-state index contributed by atoms with van der Waals surface area (Å²) in [6, 6.07) is 5.58. The van der Waals surface area contributed by atoms with Crippen LogP contribution in [0.4, 0.5) is 11.4 Å². The highest BCUT2D eigenvalue weighted by molar-refractivity contribution is 7.93. The van der Waals surface area contributed by atoms with Crippen LogP contribution >= 0.6 is 0 Å². The van der Waals surface area contributed by atoms with E-state index < -0.39 is 10.0 Å². The van der Waals surface area contributed by atoms with Gasteiger partial charge in [0, 0.05) is 18.2 Å². The van der Waals surface area contributed by atoms with Crippen LogP contribution in [0.3, 0.4) is 0 Å². The van der Waals surface area contributed by atoms with Crippen molar-refractivity contribution in [2.75, 3.05) is 16.2 Å². The predicted octanol–water partition coefficient (Wildman–Crippen LogP) is 2.67. The van der Waals surface area contributed by atoms with Crippen LogP contribution in [0.2, 0.25) is 0 Å². The highest BCUT2D eigenvalue weighted by Crippen LogP contribution is 2.36. The third-order valence-electron chi connectivity index (χ3n) is 5.17. The van der Waals surface area contributed by atoms with Crippen LogP contribution in [0, 0.1) is 5.92 Å². The van der Waals surface area contributed by atoms with Gasteiger partial charge in [-0.1, -0.05) is 18.9 Å². The van der Waals surface area contributed by atoms with E-state index in [9.17, 15) is 13.2 Å². The normalized spacial score (nSPS) is 21.5. The Labute approximate surface area is 137 Å². The molecule has 2 aliphatic carbocycles. The van der Waals surface area contributed by atoms with Crippen molar-refractivity contribution in [2.45, 2.75) is 50.2 Å². The van der Waals surface area contributed by atoms with Crippen molar-refractivity contribution in [3.05, 3.63) is 23.8 Å². The van der Waals surface area contributed by atoms with E-state index in [4.69, 9.17) is 0 Å². The van der Waals surface area contributed by atoms with Crippen LogP contribution in [0.5, 0.6) is 0 Å². The summed E-state index contributed by atoms with van der Waals surface area (Å²) in [5, 5.41) is -0.244. The van der Waals surface area contributed by atoms with E-state index in [1.807, 2.05) is 23.1 Å². The van der Waals surface area contributed by atoms with Gasteiger partial charge in [-0.2, -0.15) is 0 Å². The van der Waals surface area contributed by atoms with Crippen LogP contribution in [-0.2, 0) is 21.2 Å². The number of benzene rings is 1. The Morgan fingerprint density at radius 2 is 1.87 bits per heavy atom. The number of nitrogens with zero attached hydrogens (tertiary/aromatic N) is 1. The first-order valence-corrected chi connectivity index (χ1v) is 10.1. The summed E-state index contributed by atoms with van der Waals surface area (Å²) in [6.07, 6.45) is 6.58. The van der Waals surface area contributed by atoms with Gasteiger partial charge in [0.25, 0.3) is 0 Å². The van der Waals surface area contributed by atoms with E-state index in [1.165, 1.54) is 0 Å². The first kappa shape index (κ1) is 15.0. The molecule has 1 N–H and O–H groups in total. The van der Waals surface area contributed by atoms with Gasteiger partial charge in [-0.25, -0.2) is 8.42 Å². The number of rotatable bonds is 4. The Bertz CT molecular complexity index is 734. The number of anilines is 2. The van der Waals surface area contributed by atoms with Crippen LogP contribution in [-0.4, -0.2) is 26.1 Å². The van der Waals surface area contributed by atoms with Gasteiger partial charge in [-0.3, -0.25) is 9.52 Å². The van der Waals surface area contributed by atoms with E-state index in [0.29, 0.717) is 12.2 Å². The fourth-order valence-electron chi connectivity index (χ4n) is 3.69. The van der Waals surface area contributed by atoms with Crippen molar-refractivity contribution < 1.29 is 13.2 Å². The van der Waals surface area contributed by atoms with E-state index in [1.54, 1.807) is 0 Å². The minimum absolute atomic E-state index is 0.146. The second-order valence-corrected chi connectivity index (χ2v) is 8.87. The van der Waals surface area contributed by atoms with Crippen LogP contribution in [0.1, 0.15) is 44.1 Å². The summed E-state index contributed by atoms with van der Waals surface area (Å²) >= 11 is 0. The monoisotopic (exact) mass is 334 g/mol. The van der Waals surface area contributed by atoms with Gasteiger partial charge in [0.05, 0.1) is 10.9 Å². The maximum absolute atomic E-state index is 12.7. The Morgan fingerprint density at radius 3 is 2.57 bits per heavy atom. The summed E-state index contributed by atoms with van der Waals surface area (Å²) in [7, 11) is -3.26. The first-order valence-electron chi connectivity index (χ1n) is 8.50. The minimum atomic E-state index is -3.26. The van der Waals surface area contributed by atoms with Gasteiger partial charge < -0.3 is 4.90 Å². The molecule has 0 unspecified atom stereocenters. The van der Waals surface area contributed by atoms with Crippen molar-refractivity contribution in [3.63, 3.8) is 0 Å². The molecule has 1 heterocycles. The maximum Gasteiger partial charge on any atom is 0.235 e. The summed E-state index contributed by atoms with van der Waals surface area (Å²) in [5.74, 6) is 0.358. The minimum Gasteiger partial charge on any atom is -0.312 e. The fraction of sp³-hybridized carbons (Fsp3) is 0.588. The van der Waals surface area contributed by atoms with Crippen LogP contribution < -0.4 is 9.62 Å². The average molecular weight is 334 g/mol. The zero-order valence-corrected chi connectivity index (χ0v) is 13.9. The van der Waals surface area contributed by atoms with Gasteiger partial charge in [0.1, 0.15) is 0 Å². The molecule has 0 aromatic heterocycles. The lowest BCUT2D eigenvalue weighted by Gasteiger charge is -2.21. The summed E-state index contributed by atoms with van der Waals surface area (Å²) in [4.78, 5) is 14.6. The molecular weight excluding hydrogens is 312 g/mol. The highest BCUT2D eigenvalue weighted by Gasteiger charge is 2.36. The quantitative estimate of drug-likeness (QED) is 0.920. The molecule has 0 bridgehead atoms. The molecular formula is C17H22N2O3S. The number of carbonyl (C=O) groups is 1. The number of hydrogen-bond acceptors (Lipinski definition) is 3. The SMILES string of the molecule is O=C(C1CCCC1)N1CCc2ccc(NS(=O)(=O)C3CC3)cc21. The molecule has 1 aromatic carbocycles. The lowest BCUT2D eigenvalue weighted by atomic mass is 10.1. The molecule has 2 saturated carbocycles. The number of carbonyl (C=O) groups excluding carboxylic acids is 1. The van der Waals surface area contributed by atoms with Gasteiger partial charge in [0.15, 0.2) is 0 Å². The standard InChI is InChI=1S/C17H22N2O3S/c20-17(13-3-1-2-4-13)19-10-9-12-5-6-14(11-16(12)19)18-23(21,22)15-7-8-15/h5-6,11,13,15,18H,1-4,7-10H2. The van der Waals surface area contributed by atoms with Crippen LogP contribution in [0.25, 0.3) is 0 Å². The molecule has 0 spiro atoms. The van der Waals surface area contributed by atoms with Crippen molar-refractivity contribution in [3.8, 4) is 0 Å². The van der Waals surface area contributed by atoms with Crippen LogP contribution in [0.15, 0.2) is 18.2 Å². The molecule has 1 aliphatic heterocycles. The molecule has 4 rings (SSSR count). The molecule has 1 amide bonds. The largest absolute Gasteiger partial charge is 0.312 e. The maximum atomic E-state index is 12.7. The van der Waals surface area contributed by atoms with Crippen molar-refractivity contribution in [1.29, 1.82) is 0 Å². The molecule has 0 radical (unpaired) electrons. The number of hydrogen-bond donors (Lipinski definition) is 1. The van der Waals surface area contributed by atoms with E-state index in [2.05, 4.69) is 4.72 Å². The van der Waals surface area contributed by atoms with E-state index in [-0.39, 0.29) is 17.1 Å². The molecule has 6 heteroatoms. The molecule has 1 aromatic rings. The summed E-state index contributed by atoms with van der Waals surface area (Å²) < 4.78 is 26.9. The molecule has 0 saturated heterocycles. The molecule has 2 fully saturated rings. The molecule has 23 heavy (non-hydrogen) atoms. The van der Waals surface area contributed by atoms with E-state index in [0.717, 1.165) is 56.2 Å². The van der Waals surface area contributed by atoms with Gasteiger partial charge in [-0.05, 0) is 49.8 Å². The van der Waals surface area contributed by atoms with Gasteiger partial charge >= 0.3 is 0 Å². The number of fused-ring (bicyclic) bond motifs is 1. The molecule has 3 aliphatic rings. The highest BCUT2D eigenvalue weighted by atomic mass is 32.2. The fourth-order valence-corrected chi connectivity index (χ4v) is 5.07. The van der Waals surface area contributed by atoms with Gasteiger partial charge in [-0.15, -0.1) is 0 Å². The third kappa shape index (κ3) is 2.84. The zero-order valence-electron chi connectivity index (χ0n) is 13.1. The average Bonchev–Trinajstić information content (AvgIpc) is 3.10. The van der Waals surface area contributed by atoms with E-state index >= 15 is 0 Å².